The number of aliphatic hydroxyl groups excluding tert-OH is 1. The summed E-state index contributed by atoms with van der Waals surface area (Å²) in [5.41, 5.74) is 1.12. The normalized spacial score (nSPS) is 12.2. The predicted molar refractivity (Wildman–Crippen MR) is 72.6 cm³/mol. The van der Waals surface area contributed by atoms with Crippen LogP contribution in [0, 0.1) is 0 Å². The third-order valence-corrected chi connectivity index (χ3v) is 2.92. The van der Waals surface area contributed by atoms with Crippen molar-refractivity contribution in [3.63, 3.8) is 0 Å². The van der Waals surface area contributed by atoms with E-state index in [4.69, 9.17) is 16.7 Å². The second kappa shape index (κ2) is 5.86. The first-order valence-corrected chi connectivity index (χ1v) is 6.21. The van der Waals surface area contributed by atoms with Crippen LogP contribution in [0.4, 0.5) is 0 Å². The summed E-state index contributed by atoms with van der Waals surface area (Å²) in [4.78, 5) is 11.8. The highest BCUT2D eigenvalue weighted by atomic mass is 35.5. The van der Waals surface area contributed by atoms with Crippen LogP contribution in [0.25, 0.3) is 5.69 Å². The molecule has 0 fully saturated rings. The molecule has 0 saturated heterocycles. The number of aromatic nitrogens is 2. The molecule has 100 valence electrons. The average molecular weight is 280 g/mol. The van der Waals surface area contributed by atoms with Gasteiger partial charge in [-0.15, -0.1) is 0 Å². The van der Waals surface area contributed by atoms with Gasteiger partial charge in [0.2, 0.25) is 0 Å². The van der Waals surface area contributed by atoms with E-state index in [-0.39, 0.29) is 18.6 Å². The van der Waals surface area contributed by atoms with Crippen LogP contribution in [-0.2, 0) is 0 Å². The molecule has 1 amide bonds. The molecular formula is C13H14ClN3O2. The molecule has 2 aromatic rings. The molecule has 0 aliphatic heterocycles. The molecule has 2 rings (SSSR count). The van der Waals surface area contributed by atoms with Crippen LogP contribution in [0.5, 0.6) is 0 Å². The first-order valence-electron chi connectivity index (χ1n) is 5.83. The zero-order valence-corrected chi connectivity index (χ0v) is 11.1. The monoisotopic (exact) mass is 279 g/mol. The van der Waals surface area contributed by atoms with Gasteiger partial charge in [-0.3, -0.25) is 4.79 Å². The van der Waals surface area contributed by atoms with Crippen LogP contribution >= 0.6 is 11.6 Å². The van der Waals surface area contributed by atoms with Gasteiger partial charge in [-0.1, -0.05) is 23.7 Å². The lowest BCUT2D eigenvalue weighted by Gasteiger charge is -2.08. The van der Waals surface area contributed by atoms with E-state index in [1.165, 1.54) is 6.20 Å². The lowest BCUT2D eigenvalue weighted by atomic mass is 10.3. The van der Waals surface area contributed by atoms with Crippen molar-refractivity contribution in [3.05, 3.63) is 47.2 Å². The molecule has 0 aliphatic rings. The van der Waals surface area contributed by atoms with Gasteiger partial charge in [-0.25, -0.2) is 4.68 Å². The number of nitrogens with zero attached hydrogens (tertiary/aromatic N) is 2. The maximum Gasteiger partial charge on any atom is 0.254 e. The number of carbonyl (C=O) groups excluding carboxylic acids is 1. The molecule has 1 unspecified atom stereocenters. The Labute approximate surface area is 115 Å². The standard InChI is InChI=1S/C13H14ClN3O2/c1-9(8-18)16-13(19)10-6-15-17(7-10)12-5-3-2-4-11(12)14/h2-7,9,18H,8H2,1H3,(H,16,19). The quantitative estimate of drug-likeness (QED) is 0.894. The van der Waals surface area contributed by atoms with Crippen molar-refractivity contribution in [1.82, 2.24) is 15.1 Å². The SMILES string of the molecule is CC(CO)NC(=O)c1cnn(-c2ccccc2Cl)c1. The lowest BCUT2D eigenvalue weighted by Crippen LogP contribution is -2.34. The van der Waals surface area contributed by atoms with Crippen molar-refractivity contribution >= 4 is 17.5 Å². The van der Waals surface area contributed by atoms with Gasteiger partial charge >= 0.3 is 0 Å². The second-order valence-electron chi connectivity index (χ2n) is 4.18. The molecule has 1 atom stereocenters. The number of hydrogen-bond donors (Lipinski definition) is 2. The molecule has 0 aliphatic carbocycles. The highest BCUT2D eigenvalue weighted by molar-refractivity contribution is 6.32. The number of nitrogens with one attached hydrogen (secondary N) is 1. The van der Waals surface area contributed by atoms with Crippen LogP contribution in [0.1, 0.15) is 17.3 Å². The van der Waals surface area contributed by atoms with E-state index in [1.807, 2.05) is 18.2 Å². The number of aliphatic hydroxyl groups is 1. The predicted octanol–water partition coefficient (Wildman–Crippen LogP) is 1.64. The third kappa shape index (κ3) is 3.13. The highest BCUT2D eigenvalue weighted by Gasteiger charge is 2.12. The maximum atomic E-state index is 11.8. The Balaban J connectivity index is 2.20. The minimum absolute atomic E-state index is 0.107. The third-order valence-electron chi connectivity index (χ3n) is 2.60. The molecule has 0 saturated carbocycles. The van der Waals surface area contributed by atoms with Crippen LogP contribution in [-0.4, -0.2) is 33.4 Å². The van der Waals surface area contributed by atoms with E-state index < -0.39 is 0 Å². The minimum Gasteiger partial charge on any atom is -0.394 e. The lowest BCUT2D eigenvalue weighted by molar-refractivity contribution is 0.0922. The molecule has 1 aromatic carbocycles. The van der Waals surface area contributed by atoms with Gasteiger partial charge < -0.3 is 10.4 Å². The van der Waals surface area contributed by atoms with E-state index in [0.717, 1.165) is 0 Å². The number of halogens is 1. The molecule has 6 heteroatoms. The Morgan fingerprint density at radius 3 is 2.95 bits per heavy atom. The molecule has 1 aromatic heterocycles. The highest BCUT2D eigenvalue weighted by Crippen LogP contribution is 2.19. The smallest absolute Gasteiger partial charge is 0.254 e. The molecule has 0 bridgehead atoms. The first kappa shape index (κ1) is 13.6. The van der Waals surface area contributed by atoms with Gasteiger partial charge in [0.1, 0.15) is 0 Å². The van der Waals surface area contributed by atoms with E-state index in [1.54, 1.807) is 23.9 Å². The van der Waals surface area contributed by atoms with Crippen LogP contribution in [0.3, 0.4) is 0 Å². The Morgan fingerprint density at radius 2 is 2.26 bits per heavy atom. The van der Waals surface area contributed by atoms with Crippen molar-refractivity contribution in [2.24, 2.45) is 0 Å². The minimum atomic E-state index is -0.295. The van der Waals surface area contributed by atoms with E-state index >= 15 is 0 Å². The molecule has 0 radical (unpaired) electrons. The van der Waals surface area contributed by atoms with Gasteiger partial charge in [0.25, 0.3) is 5.91 Å². The number of para-hydroxylation sites is 1. The van der Waals surface area contributed by atoms with E-state index in [9.17, 15) is 4.79 Å². The number of hydrogen-bond acceptors (Lipinski definition) is 3. The van der Waals surface area contributed by atoms with Gasteiger partial charge in [0, 0.05) is 12.2 Å². The number of rotatable bonds is 4. The van der Waals surface area contributed by atoms with Gasteiger partial charge in [-0.05, 0) is 19.1 Å². The average Bonchev–Trinajstić information content (AvgIpc) is 2.88. The van der Waals surface area contributed by atoms with Crippen LogP contribution in [0.2, 0.25) is 5.02 Å². The summed E-state index contributed by atoms with van der Waals surface area (Å²) in [6.45, 7) is 1.61. The molecule has 2 N–H and O–H groups in total. The van der Waals surface area contributed by atoms with Gasteiger partial charge in [0.05, 0.1) is 29.1 Å². The van der Waals surface area contributed by atoms with Crippen molar-refractivity contribution in [2.75, 3.05) is 6.61 Å². The summed E-state index contributed by atoms with van der Waals surface area (Å²) in [5.74, 6) is -0.278. The zero-order chi connectivity index (χ0) is 13.8. The topological polar surface area (TPSA) is 67.2 Å². The van der Waals surface area contributed by atoms with E-state index in [0.29, 0.717) is 16.3 Å². The summed E-state index contributed by atoms with van der Waals surface area (Å²) in [6, 6.07) is 6.94. The summed E-state index contributed by atoms with van der Waals surface area (Å²) in [5, 5.41) is 16.2. The largest absolute Gasteiger partial charge is 0.394 e. The van der Waals surface area contributed by atoms with Gasteiger partial charge in [0.15, 0.2) is 0 Å². The zero-order valence-electron chi connectivity index (χ0n) is 10.4. The Kier molecular flexibility index (Phi) is 4.19. The number of amides is 1. The van der Waals surface area contributed by atoms with E-state index in [2.05, 4.69) is 10.4 Å². The molecule has 1 heterocycles. The second-order valence-corrected chi connectivity index (χ2v) is 4.59. The Hall–Kier alpha value is -1.85. The van der Waals surface area contributed by atoms with Crippen molar-refractivity contribution in [3.8, 4) is 5.69 Å². The number of benzene rings is 1. The Bertz CT molecular complexity index is 583. The summed E-state index contributed by atoms with van der Waals surface area (Å²) < 4.78 is 1.54. The van der Waals surface area contributed by atoms with Crippen molar-refractivity contribution in [2.45, 2.75) is 13.0 Å². The number of carbonyl (C=O) groups is 1. The van der Waals surface area contributed by atoms with Crippen molar-refractivity contribution < 1.29 is 9.90 Å². The summed E-state index contributed by atoms with van der Waals surface area (Å²) in [7, 11) is 0. The van der Waals surface area contributed by atoms with Crippen LogP contribution in [0.15, 0.2) is 36.7 Å². The first-order chi connectivity index (χ1) is 9.11. The summed E-state index contributed by atoms with van der Waals surface area (Å²) >= 11 is 6.06. The molecular weight excluding hydrogens is 266 g/mol. The fraction of sp³-hybridized carbons (Fsp3) is 0.231. The molecule has 19 heavy (non-hydrogen) atoms. The Morgan fingerprint density at radius 1 is 1.53 bits per heavy atom. The fourth-order valence-electron chi connectivity index (χ4n) is 1.56. The summed E-state index contributed by atoms with van der Waals surface area (Å²) in [6.07, 6.45) is 3.06. The molecule has 0 spiro atoms. The molecule has 5 nitrogen and oxygen atoms in total. The van der Waals surface area contributed by atoms with Crippen molar-refractivity contribution in [1.29, 1.82) is 0 Å². The van der Waals surface area contributed by atoms with Crippen LogP contribution < -0.4 is 5.32 Å². The fourth-order valence-corrected chi connectivity index (χ4v) is 1.78. The maximum absolute atomic E-state index is 11.8. The van der Waals surface area contributed by atoms with Gasteiger partial charge in [-0.2, -0.15) is 5.10 Å².